The maximum absolute atomic E-state index is 10.9. The minimum Gasteiger partial charge on any atom is -0.478 e. The summed E-state index contributed by atoms with van der Waals surface area (Å²) in [6.07, 6.45) is 11.5. The van der Waals surface area contributed by atoms with Gasteiger partial charge in [-0.1, -0.05) is 55.0 Å². The lowest BCUT2D eigenvalue weighted by Gasteiger charge is -2.13. The van der Waals surface area contributed by atoms with Gasteiger partial charge in [0.25, 0.3) is 0 Å². The number of allylic oxidation sites excluding steroid dienone is 6. The Morgan fingerprint density at radius 1 is 1.36 bits per heavy atom. The minimum atomic E-state index is -0.972. The zero-order valence-electron chi connectivity index (χ0n) is 15.7. The van der Waals surface area contributed by atoms with E-state index in [1.807, 2.05) is 25.2 Å². The van der Waals surface area contributed by atoms with Crippen LogP contribution in [0.25, 0.3) is 0 Å². The van der Waals surface area contributed by atoms with Crippen LogP contribution in [0.5, 0.6) is 0 Å². The SMILES string of the molecule is C=C(/C=C\C)C/C=C\N(N)c1cccc(C(=O)O)c1.CCC=C(C)C. The molecule has 0 spiro atoms. The van der Waals surface area contributed by atoms with E-state index in [0.717, 1.165) is 5.57 Å². The van der Waals surface area contributed by atoms with Gasteiger partial charge in [0.05, 0.1) is 11.3 Å². The number of hydrogen-bond donors (Lipinski definition) is 2. The highest BCUT2D eigenvalue weighted by atomic mass is 16.4. The second-order valence-corrected chi connectivity index (χ2v) is 5.70. The number of carboxylic acid groups (broad SMARTS) is 1. The summed E-state index contributed by atoms with van der Waals surface area (Å²) in [7, 11) is 0. The van der Waals surface area contributed by atoms with Crippen LogP contribution in [0.4, 0.5) is 5.69 Å². The maximum atomic E-state index is 10.9. The number of aromatic carboxylic acids is 1. The van der Waals surface area contributed by atoms with Gasteiger partial charge in [0.1, 0.15) is 0 Å². The molecule has 0 saturated heterocycles. The molecule has 0 atom stereocenters. The molecular weight excluding hydrogens is 312 g/mol. The van der Waals surface area contributed by atoms with Crippen molar-refractivity contribution in [3.05, 3.63) is 78.1 Å². The largest absolute Gasteiger partial charge is 0.478 e. The van der Waals surface area contributed by atoms with E-state index in [1.165, 1.54) is 29.1 Å². The number of nitrogens with zero attached hydrogens (tertiary/aromatic N) is 1. The average molecular weight is 342 g/mol. The first kappa shape index (κ1) is 22.4. The van der Waals surface area contributed by atoms with Crippen LogP contribution in [0.3, 0.4) is 0 Å². The van der Waals surface area contributed by atoms with E-state index in [0.29, 0.717) is 12.1 Å². The van der Waals surface area contributed by atoms with Crippen molar-refractivity contribution < 1.29 is 9.90 Å². The van der Waals surface area contributed by atoms with Crippen molar-refractivity contribution in [3.63, 3.8) is 0 Å². The molecule has 0 aliphatic carbocycles. The molecule has 25 heavy (non-hydrogen) atoms. The Labute approximate surface area is 151 Å². The van der Waals surface area contributed by atoms with Crippen molar-refractivity contribution in [1.82, 2.24) is 0 Å². The molecular formula is C21H30N2O2. The Morgan fingerprint density at radius 2 is 2.04 bits per heavy atom. The van der Waals surface area contributed by atoms with Crippen molar-refractivity contribution in [2.75, 3.05) is 5.01 Å². The lowest BCUT2D eigenvalue weighted by atomic mass is 10.2. The summed E-state index contributed by atoms with van der Waals surface area (Å²) in [6.45, 7) is 12.2. The monoisotopic (exact) mass is 342 g/mol. The van der Waals surface area contributed by atoms with Crippen LogP contribution in [0.1, 0.15) is 50.9 Å². The first-order valence-electron chi connectivity index (χ1n) is 8.29. The predicted octanol–water partition coefficient (Wildman–Crippen LogP) is 5.46. The van der Waals surface area contributed by atoms with Crippen molar-refractivity contribution in [1.29, 1.82) is 0 Å². The number of carboxylic acids is 1. The van der Waals surface area contributed by atoms with E-state index in [9.17, 15) is 4.79 Å². The van der Waals surface area contributed by atoms with Crippen LogP contribution in [0.2, 0.25) is 0 Å². The highest BCUT2D eigenvalue weighted by Gasteiger charge is 2.04. The van der Waals surface area contributed by atoms with Gasteiger partial charge in [0, 0.05) is 6.20 Å². The summed E-state index contributed by atoms with van der Waals surface area (Å²) in [5.41, 5.74) is 3.22. The van der Waals surface area contributed by atoms with E-state index < -0.39 is 5.97 Å². The molecule has 1 aromatic rings. The Balaban J connectivity index is 0.000000823. The lowest BCUT2D eigenvalue weighted by Crippen LogP contribution is -2.24. The smallest absolute Gasteiger partial charge is 0.335 e. The number of anilines is 1. The van der Waals surface area contributed by atoms with Crippen LogP contribution < -0.4 is 10.9 Å². The summed E-state index contributed by atoms with van der Waals surface area (Å²) >= 11 is 0. The molecule has 0 aliphatic rings. The molecule has 0 bridgehead atoms. The molecule has 1 rings (SSSR count). The molecule has 0 fully saturated rings. The van der Waals surface area contributed by atoms with Gasteiger partial charge in [-0.15, -0.1) is 0 Å². The van der Waals surface area contributed by atoms with Crippen LogP contribution in [0, 0.1) is 0 Å². The average Bonchev–Trinajstić information content (AvgIpc) is 2.55. The second-order valence-electron chi connectivity index (χ2n) is 5.70. The highest BCUT2D eigenvalue weighted by molar-refractivity contribution is 5.88. The van der Waals surface area contributed by atoms with E-state index in [4.69, 9.17) is 10.9 Å². The fraction of sp³-hybridized carbons (Fsp3) is 0.286. The maximum Gasteiger partial charge on any atom is 0.335 e. The van der Waals surface area contributed by atoms with E-state index in [-0.39, 0.29) is 5.56 Å². The van der Waals surface area contributed by atoms with Crippen molar-refractivity contribution in [3.8, 4) is 0 Å². The van der Waals surface area contributed by atoms with Crippen LogP contribution >= 0.6 is 0 Å². The molecule has 0 unspecified atom stereocenters. The Kier molecular flexibility index (Phi) is 11.5. The fourth-order valence-electron chi connectivity index (χ4n) is 1.92. The van der Waals surface area contributed by atoms with Crippen LogP contribution in [0.15, 0.2) is 72.5 Å². The van der Waals surface area contributed by atoms with Gasteiger partial charge in [-0.25, -0.2) is 10.6 Å². The molecule has 0 heterocycles. The fourth-order valence-corrected chi connectivity index (χ4v) is 1.92. The van der Waals surface area contributed by atoms with Gasteiger partial charge in [0.15, 0.2) is 0 Å². The Hall–Kier alpha value is -2.59. The van der Waals surface area contributed by atoms with E-state index in [1.54, 1.807) is 18.3 Å². The molecule has 3 N–H and O–H groups in total. The van der Waals surface area contributed by atoms with Gasteiger partial charge in [-0.2, -0.15) is 0 Å². The van der Waals surface area contributed by atoms with Crippen molar-refractivity contribution in [2.45, 2.75) is 40.5 Å². The first-order valence-corrected chi connectivity index (χ1v) is 8.29. The third-order valence-electron chi connectivity index (χ3n) is 3.05. The van der Waals surface area contributed by atoms with Crippen molar-refractivity contribution in [2.24, 2.45) is 5.84 Å². The molecule has 0 aliphatic heterocycles. The molecule has 0 amide bonds. The number of carbonyl (C=O) groups is 1. The zero-order chi connectivity index (χ0) is 19.2. The number of nitrogens with two attached hydrogens (primary N) is 1. The lowest BCUT2D eigenvalue weighted by molar-refractivity contribution is 0.0697. The van der Waals surface area contributed by atoms with Gasteiger partial charge >= 0.3 is 5.97 Å². The van der Waals surface area contributed by atoms with Gasteiger partial charge in [-0.3, -0.25) is 5.01 Å². The number of benzene rings is 1. The Morgan fingerprint density at radius 3 is 2.52 bits per heavy atom. The second kappa shape index (κ2) is 12.8. The first-order chi connectivity index (χ1) is 11.8. The minimum absolute atomic E-state index is 0.208. The molecule has 4 nitrogen and oxygen atoms in total. The summed E-state index contributed by atoms with van der Waals surface area (Å²) < 4.78 is 0. The summed E-state index contributed by atoms with van der Waals surface area (Å²) in [5, 5.41) is 10.3. The number of rotatable bonds is 7. The quantitative estimate of drug-likeness (QED) is 0.299. The standard InChI is InChI=1S/C15H18N2O2.C6H12/c1-3-6-12(2)7-5-10-17(16)14-9-4-8-13(11-14)15(18)19;1-4-5-6(2)3/h3-6,8-11H,2,7,16H2,1H3,(H,18,19);5H,4H2,1-3H3/b6-3-,10-5-;. The topological polar surface area (TPSA) is 66.6 Å². The zero-order valence-corrected chi connectivity index (χ0v) is 15.7. The van der Waals surface area contributed by atoms with Crippen LogP contribution in [-0.2, 0) is 0 Å². The third-order valence-corrected chi connectivity index (χ3v) is 3.05. The molecule has 0 aromatic heterocycles. The molecule has 0 radical (unpaired) electrons. The van der Waals surface area contributed by atoms with Gasteiger partial charge in [-0.05, 0) is 51.8 Å². The predicted molar refractivity (Wildman–Crippen MR) is 108 cm³/mol. The summed E-state index contributed by atoms with van der Waals surface area (Å²) in [4.78, 5) is 10.9. The molecule has 4 heteroatoms. The molecule has 0 saturated carbocycles. The third kappa shape index (κ3) is 10.7. The summed E-state index contributed by atoms with van der Waals surface area (Å²) in [6, 6.07) is 6.45. The Bertz CT molecular complexity index is 639. The number of hydrazine groups is 1. The van der Waals surface area contributed by atoms with Crippen molar-refractivity contribution >= 4 is 11.7 Å². The normalized spacial score (nSPS) is 10.3. The highest BCUT2D eigenvalue weighted by Crippen LogP contribution is 2.14. The number of hydrogen-bond acceptors (Lipinski definition) is 3. The van der Waals surface area contributed by atoms with E-state index >= 15 is 0 Å². The van der Waals surface area contributed by atoms with E-state index in [2.05, 4.69) is 33.4 Å². The van der Waals surface area contributed by atoms with Crippen LogP contribution in [-0.4, -0.2) is 11.1 Å². The van der Waals surface area contributed by atoms with Gasteiger partial charge < -0.3 is 5.11 Å². The summed E-state index contributed by atoms with van der Waals surface area (Å²) in [5.74, 6) is 4.86. The van der Waals surface area contributed by atoms with Gasteiger partial charge in [0.2, 0.25) is 0 Å². The molecule has 1 aromatic carbocycles. The molecule has 136 valence electrons.